The molecule has 0 unspecified atom stereocenters. The third kappa shape index (κ3) is 7.07. The van der Waals surface area contributed by atoms with Gasteiger partial charge in [0.15, 0.2) is 5.96 Å². The van der Waals surface area contributed by atoms with Gasteiger partial charge in [0.05, 0.1) is 12.3 Å². The number of halogens is 1. The van der Waals surface area contributed by atoms with Crippen LogP contribution in [0.4, 0.5) is 0 Å². The predicted octanol–water partition coefficient (Wildman–Crippen LogP) is 0.710. The molecule has 7 heteroatoms. The molecule has 1 aliphatic rings. The average molecular weight is 375 g/mol. The molecule has 1 heterocycles. The number of guanidine groups is 1. The summed E-state index contributed by atoms with van der Waals surface area (Å²) in [6.45, 7) is 5.21. The molecular formula is C10H22IN3O2S. The first-order chi connectivity index (χ1) is 7.53. The van der Waals surface area contributed by atoms with Crippen molar-refractivity contribution in [1.82, 2.24) is 10.2 Å². The standard InChI is InChI=1S/C10H21N3O2S.HI/c1-3-11-10(13-7-4-5-8-13)12-6-9-16(2,14)15;/h3-9H2,1-2H3,(H,11,12);1H. The summed E-state index contributed by atoms with van der Waals surface area (Å²) in [6.07, 6.45) is 3.62. The van der Waals surface area contributed by atoms with Crippen LogP contribution in [0.3, 0.4) is 0 Å². The lowest BCUT2D eigenvalue weighted by molar-refractivity contribution is 0.494. The lowest BCUT2D eigenvalue weighted by Gasteiger charge is -2.20. The highest BCUT2D eigenvalue weighted by molar-refractivity contribution is 14.0. The van der Waals surface area contributed by atoms with Crippen molar-refractivity contribution in [2.24, 2.45) is 4.99 Å². The number of nitrogens with zero attached hydrogens (tertiary/aromatic N) is 2. The van der Waals surface area contributed by atoms with Crippen LogP contribution in [0.25, 0.3) is 0 Å². The molecule has 1 rings (SSSR count). The number of hydrogen-bond donors (Lipinski definition) is 1. The van der Waals surface area contributed by atoms with Gasteiger partial charge >= 0.3 is 0 Å². The minimum Gasteiger partial charge on any atom is -0.357 e. The van der Waals surface area contributed by atoms with Crippen molar-refractivity contribution in [2.75, 3.05) is 38.2 Å². The van der Waals surface area contributed by atoms with E-state index in [1.807, 2.05) is 6.92 Å². The van der Waals surface area contributed by atoms with Gasteiger partial charge in [0, 0.05) is 25.9 Å². The van der Waals surface area contributed by atoms with Gasteiger partial charge in [0.1, 0.15) is 9.84 Å². The maximum Gasteiger partial charge on any atom is 0.193 e. The zero-order valence-electron chi connectivity index (χ0n) is 10.5. The fraction of sp³-hybridized carbons (Fsp3) is 0.900. The zero-order chi connectivity index (χ0) is 12.0. The van der Waals surface area contributed by atoms with E-state index in [-0.39, 0.29) is 29.7 Å². The minimum atomic E-state index is -2.91. The first kappa shape index (κ1) is 16.9. The summed E-state index contributed by atoms with van der Waals surface area (Å²) in [5.74, 6) is 0.971. The van der Waals surface area contributed by atoms with E-state index in [2.05, 4.69) is 15.2 Å². The highest BCUT2D eigenvalue weighted by atomic mass is 127. The van der Waals surface area contributed by atoms with Gasteiger partial charge in [-0.05, 0) is 19.8 Å². The number of hydrogen-bond acceptors (Lipinski definition) is 3. The van der Waals surface area contributed by atoms with Crippen LogP contribution in [0.5, 0.6) is 0 Å². The normalized spacial score (nSPS) is 16.8. The van der Waals surface area contributed by atoms with Crippen molar-refractivity contribution >= 4 is 39.8 Å². The van der Waals surface area contributed by atoms with Gasteiger partial charge in [-0.3, -0.25) is 4.99 Å². The van der Waals surface area contributed by atoms with E-state index in [1.54, 1.807) is 0 Å². The maximum atomic E-state index is 11.0. The monoisotopic (exact) mass is 375 g/mol. The molecule has 0 radical (unpaired) electrons. The Kier molecular flexibility index (Phi) is 8.10. The third-order valence-electron chi connectivity index (χ3n) is 2.46. The molecule has 0 aromatic rings. The van der Waals surface area contributed by atoms with Crippen LogP contribution in [0.1, 0.15) is 19.8 Å². The summed E-state index contributed by atoms with van der Waals surface area (Å²) in [5.41, 5.74) is 0. The molecule has 0 bridgehead atoms. The van der Waals surface area contributed by atoms with Gasteiger partial charge in [0.2, 0.25) is 0 Å². The molecule has 5 nitrogen and oxygen atoms in total. The van der Waals surface area contributed by atoms with Gasteiger partial charge in [-0.15, -0.1) is 24.0 Å². The molecule has 0 aromatic carbocycles. The second-order valence-corrected chi connectivity index (χ2v) is 6.32. The average Bonchev–Trinajstić information content (AvgIpc) is 2.67. The smallest absolute Gasteiger partial charge is 0.193 e. The summed E-state index contributed by atoms with van der Waals surface area (Å²) in [4.78, 5) is 6.52. The summed E-state index contributed by atoms with van der Waals surface area (Å²) >= 11 is 0. The lowest BCUT2D eigenvalue weighted by Crippen LogP contribution is -2.39. The van der Waals surface area contributed by atoms with E-state index >= 15 is 0 Å². The molecule has 0 atom stereocenters. The summed E-state index contributed by atoms with van der Waals surface area (Å²) in [6, 6.07) is 0. The van der Waals surface area contributed by atoms with Gasteiger partial charge in [-0.1, -0.05) is 0 Å². The van der Waals surface area contributed by atoms with Crippen LogP contribution < -0.4 is 5.32 Å². The van der Waals surface area contributed by atoms with E-state index in [1.165, 1.54) is 19.1 Å². The van der Waals surface area contributed by atoms with Gasteiger partial charge in [0.25, 0.3) is 0 Å². The maximum absolute atomic E-state index is 11.0. The zero-order valence-corrected chi connectivity index (χ0v) is 13.6. The molecule has 1 N–H and O–H groups in total. The second kappa shape index (κ2) is 8.12. The Bertz CT molecular complexity index is 337. The van der Waals surface area contributed by atoms with Crippen molar-refractivity contribution in [2.45, 2.75) is 19.8 Å². The van der Waals surface area contributed by atoms with Crippen molar-refractivity contribution in [1.29, 1.82) is 0 Å². The molecule has 17 heavy (non-hydrogen) atoms. The molecule has 0 amide bonds. The van der Waals surface area contributed by atoms with E-state index in [4.69, 9.17) is 0 Å². The molecular weight excluding hydrogens is 353 g/mol. The van der Waals surface area contributed by atoms with Crippen molar-refractivity contribution in [3.8, 4) is 0 Å². The highest BCUT2D eigenvalue weighted by Crippen LogP contribution is 2.07. The summed E-state index contributed by atoms with van der Waals surface area (Å²) in [7, 11) is -2.91. The fourth-order valence-corrected chi connectivity index (χ4v) is 2.10. The molecule has 0 aliphatic carbocycles. The van der Waals surface area contributed by atoms with Crippen molar-refractivity contribution < 1.29 is 8.42 Å². The van der Waals surface area contributed by atoms with E-state index < -0.39 is 9.84 Å². The summed E-state index contributed by atoms with van der Waals surface area (Å²) < 4.78 is 22.0. The topological polar surface area (TPSA) is 61.8 Å². The van der Waals surface area contributed by atoms with Crippen LogP contribution in [-0.2, 0) is 9.84 Å². The number of aliphatic imine (C=N–C) groups is 1. The van der Waals surface area contributed by atoms with Crippen LogP contribution >= 0.6 is 24.0 Å². The lowest BCUT2D eigenvalue weighted by atomic mass is 10.4. The Hall–Kier alpha value is -0.0500. The summed E-state index contributed by atoms with van der Waals surface area (Å²) in [5, 5.41) is 3.19. The van der Waals surface area contributed by atoms with Crippen molar-refractivity contribution in [3.63, 3.8) is 0 Å². The number of sulfone groups is 1. The Morgan fingerprint density at radius 2 is 1.94 bits per heavy atom. The Morgan fingerprint density at radius 1 is 1.35 bits per heavy atom. The third-order valence-corrected chi connectivity index (χ3v) is 3.39. The highest BCUT2D eigenvalue weighted by Gasteiger charge is 2.15. The predicted molar refractivity (Wildman–Crippen MR) is 81.9 cm³/mol. The first-order valence-electron chi connectivity index (χ1n) is 5.74. The van der Waals surface area contributed by atoms with E-state index in [0.29, 0.717) is 6.54 Å². The molecule has 1 aliphatic heterocycles. The van der Waals surface area contributed by atoms with Crippen LogP contribution in [0.2, 0.25) is 0 Å². The molecule has 1 fully saturated rings. The largest absolute Gasteiger partial charge is 0.357 e. The van der Waals surface area contributed by atoms with Crippen molar-refractivity contribution in [3.05, 3.63) is 0 Å². The first-order valence-corrected chi connectivity index (χ1v) is 7.80. The quantitative estimate of drug-likeness (QED) is 0.447. The Morgan fingerprint density at radius 3 is 2.41 bits per heavy atom. The molecule has 0 saturated carbocycles. The number of nitrogens with one attached hydrogen (secondary N) is 1. The van der Waals surface area contributed by atoms with E-state index in [0.717, 1.165) is 25.6 Å². The van der Waals surface area contributed by atoms with Gasteiger partial charge < -0.3 is 10.2 Å². The minimum absolute atomic E-state index is 0. The van der Waals surface area contributed by atoms with Crippen LogP contribution in [0.15, 0.2) is 4.99 Å². The number of likely N-dealkylation sites (tertiary alicyclic amines) is 1. The second-order valence-electron chi connectivity index (χ2n) is 4.06. The van der Waals surface area contributed by atoms with Crippen LogP contribution in [0, 0.1) is 0 Å². The Balaban J connectivity index is 0.00000256. The van der Waals surface area contributed by atoms with Gasteiger partial charge in [-0.2, -0.15) is 0 Å². The molecule has 1 saturated heterocycles. The molecule has 102 valence electrons. The van der Waals surface area contributed by atoms with E-state index in [9.17, 15) is 8.42 Å². The SMILES string of the molecule is CCNC(=NCCS(C)(=O)=O)N1CCCC1.I. The van der Waals surface area contributed by atoms with Crippen LogP contribution in [-0.4, -0.2) is 57.5 Å². The van der Waals surface area contributed by atoms with Gasteiger partial charge in [-0.25, -0.2) is 8.42 Å². The number of rotatable bonds is 4. The Labute approximate surface area is 121 Å². The fourth-order valence-electron chi connectivity index (χ4n) is 1.67. The molecule has 0 spiro atoms. The molecule has 0 aromatic heterocycles.